The summed E-state index contributed by atoms with van der Waals surface area (Å²) < 4.78 is 32.8. The van der Waals surface area contributed by atoms with Crippen LogP contribution in [0.4, 0.5) is 0 Å². The van der Waals surface area contributed by atoms with Crippen molar-refractivity contribution in [2.24, 2.45) is 0 Å². The molecule has 0 saturated carbocycles. The van der Waals surface area contributed by atoms with Crippen LogP contribution in [0.3, 0.4) is 0 Å². The maximum absolute atomic E-state index is 12.4. The predicted molar refractivity (Wildman–Crippen MR) is 87.5 cm³/mol. The van der Waals surface area contributed by atoms with Gasteiger partial charge in [0.2, 0.25) is 21.8 Å². The minimum absolute atomic E-state index is 0.0804. The van der Waals surface area contributed by atoms with Gasteiger partial charge in [-0.15, -0.1) is 10.2 Å². The highest BCUT2D eigenvalue weighted by Gasteiger charge is 2.18. The van der Waals surface area contributed by atoms with E-state index in [0.29, 0.717) is 17.0 Å². The van der Waals surface area contributed by atoms with Gasteiger partial charge in [0.15, 0.2) is 0 Å². The van der Waals surface area contributed by atoms with Gasteiger partial charge in [-0.05, 0) is 43.2 Å². The molecular weight excluding hydrogens is 328 g/mol. The van der Waals surface area contributed by atoms with Gasteiger partial charge < -0.3 is 4.42 Å². The van der Waals surface area contributed by atoms with Crippen LogP contribution < -0.4 is 4.72 Å². The van der Waals surface area contributed by atoms with E-state index in [9.17, 15) is 8.42 Å². The number of nitrogens with zero attached hydrogens (tertiary/aromatic N) is 3. The number of pyridine rings is 1. The van der Waals surface area contributed by atoms with Crippen molar-refractivity contribution in [3.8, 4) is 11.5 Å². The normalized spacial score (nSPS) is 11.6. The third kappa shape index (κ3) is 3.50. The molecule has 0 aliphatic heterocycles. The van der Waals surface area contributed by atoms with Gasteiger partial charge in [-0.25, -0.2) is 13.1 Å². The maximum Gasteiger partial charge on any atom is 0.249 e. The molecule has 0 saturated heterocycles. The summed E-state index contributed by atoms with van der Waals surface area (Å²) in [5, 5.41) is 7.76. The second-order valence-electron chi connectivity index (χ2n) is 5.34. The summed E-state index contributed by atoms with van der Waals surface area (Å²) >= 11 is 0. The van der Waals surface area contributed by atoms with Gasteiger partial charge in [0, 0.05) is 12.4 Å². The first-order valence-corrected chi connectivity index (χ1v) is 8.74. The van der Waals surface area contributed by atoms with E-state index in [2.05, 4.69) is 19.9 Å². The molecule has 124 valence electrons. The Bertz CT molecular complexity index is 952. The molecule has 0 atom stereocenters. The Balaban J connectivity index is 1.76. The maximum atomic E-state index is 12.4. The first-order valence-electron chi connectivity index (χ1n) is 7.25. The molecule has 24 heavy (non-hydrogen) atoms. The average molecular weight is 344 g/mol. The molecule has 2 aromatic heterocycles. The van der Waals surface area contributed by atoms with Gasteiger partial charge in [0.05, 0.1) is 17.0 Å². The first kappa shape index (κ1) is 16.3. The number of hydrogen-bond acceptors (Lipinski definition) is 6. The number of benzene rings is 1. The van der Waals surface area contributed by atoms with Gasteiger partial charge in [-0.3, -0.25) is 4.98 Å². The van der Waals surface area contributed by atoms with Crippen molar-refractivity contribution < 1.29 is 12.8 Å². The Labute approximate surface area is 139 Å². The Kier molecular flexibility index (Phi) is 4.41. The second kappa shape index (κ2) is 6.50. The van der Waals surface area contributed by atoms with Gasteiger partial charge in [-0.1, -0.05) is 12.1 Å². The van der Waals surface area contributed by atoms with E-state index in [0.717, 1.165) is 5.56 Å². The molecule has 0 aliphatic carbocycles. The fourth-order valence-electron chi connectivity index (χ4n) is 2.16. The minimum Gasteiger partial charge on any atom is -0.419 e. The van der Waals surface area contributed by atoms with Crippen molar-refractivity contribution in [3.63, 3.8) is 0 Å². The SMILES string of the molecule is Cc1ccc(C)c(S(=O)(=O)NCc2nnc(-c3cccnc3)o2)c1. The quantitative estimate of drug-likeness (QED) is 0.762. The summed E-state index contributed by atoms with van der Waals surface area (Å²) in [5.41, 5.74) is 2.22. The fraction of sp³-hybridized carbons (Fsp3) is 0.188. The molecule has 0 aliphatic rings. The van der Waals surface area contributed by atoms with Crippen molar-refractivity contribution in [2.45, 2.75) is 25.3 Å². The third-order valence-electron chi connectivity index (χ3n) is 3.42. The number of aromatic nitrogens is 3. The van der Waals surface area contributed by atoms with Crippen LogP contribution in [0.2, 0.25) is 0 Å². The zero-order chi connectivity index (χ0) is 17.2. The lowest BCUT2D eigenvalue weighted by Gasteiger charge is -2.08. The number of hydrogen-bond donors (Lipinski definition) is 1. The fourth-order valence-corrected chi connectivity index (χ4v) is 3.46. The highest BCUT2D eigenvalue weighted by molar-refractivity contribution is 7.89. The molecule has 0 spiro atoms. The summed E-state index contributed by atoms with van der Waals surface area (Å²) in [6.07, 6.45) is 3.23. The van der Waals surface area contributed by atoms with E-state index in [-0.39, 0.29) is 17.3 Å². The smallest absolute Gasteiger partial charge is 0.249 e. The van der Waals surface area contributed by atoms with Crippen molar-refractivity contribution in [3.05, 3.63) is 59.7 Å². The molecule has 7 nitrogen and oxygen atoms in total. The number of rotatable bonds is 5. The largest absolute Gasteiger partial charge is 0.419 e. The minimum atomic E-state index is -3.66. The molecule has 0 radical (unpaired) electrons. The number of sulfonamides is 1. The highest BCUT2D eigenvalue weighted by Crippen LogP contribution is 2.18. The third-order valence-corrected chi connectivity index (χ3v) is 4.97. The lowest BCUT2D eigenvalue weighted by Crippen LogP contribution is -2.24. The molecule has 1 aromatic carbocycles. The molecule has 1 N–H and O–H groups in total. The van der Waals surface area contributed by atoms with Crippen LogP contribution in [-0.4, -0.2) is 23.6 Å². The van der Waals surface area contributed by atoms with Crippen molar-refractivity contribution in [1.29, 1.82) is 0 Å². The average Bonchev–Trinajstić information content (AvgIpc) is 3.05. The van der Waals surface area contributed by atoms with E-state index in [4.69, 9.17) is 4.42 Å². The summed E-state index contributed by atoms with van der Waals surface area (Å²) in [6, 6.07) is 8.81. The van der Waals surface area contributed by atoms with Crippen molar-refractivity contribution >= 4 is 10.0 Å². The lowest BCUT2D eigenvalue weighted by atomic mass is 10.2. The van der Waals surface area contributed by atoms with Crippen LogP contribution in [0.15, 0.2) is 52.0 Å². The molecule has 3 aromatic rings. The van der Waals surface area contributed by atoms with Gasteiger partial charge in [0.1, 0.15) is 0 Å². The summed E-state index contributed by atoms with van der Waals surface area (Å²) in [5.74, 6) is 0.478. The topological polar surface area (TPSA) is 98.0 Å². The second-order valence-corrected chi connectivity index (χ2v) is 7.07. The zero-order valence-corrected chi connectivity index (χ0v) is 14.0. The van der Waals surface area contributed by atoms with E-state index < -0.39 is 10.0 Å². The standard InChI is InChI=1S/C16H16N4O3S/c1-11-5-6-12(2)14(8-11)24(21,22)18-10-15-19-20-16(23-15)13-4-3-7-17-9-13/h3-9,18H,10H2,1-2H3. The van der Waals surface area contributed by atoms with E-state index in [1.807, 2.05) is 13.0 Å². The van der Waals surface area contributed by atoms with Crippen LogP contribution in [0, 0.1) is 13.8 Å². The summed E-state index contributed by atoms with van der Waals surface area (Å²) in [6.45, 7) is 3.51. The predicted octanol–water partition coefficient (Wildman–Crippen LogP) is 2.23. The molecule has 0 bridgehead atoms. The Morgan fingerprint density at radius 2 is 2.00 bits per heavy atom. The van der Waals surface area contributed by atoms with Crippen LogP contribution in [0.25, 0.3) is 11.5 Å². The highest BCUT2D eigenvalue weighted by atomic mass is 32.2. The molecule has 8 heteroatoms. The van der Waals surface area contributed by atoms with Crippen LogP contribution in [-0.2, 0) is 16.6 Å². The van der Waals surface area contributed by atoms with Gasteiger partial charge >= 0.3 is 0 Å². The molecule has 0 fully saturated rings. The monoisotopic (exact) mass is 344 g/mol. The first-order chi connectivity index (χ1) is 11.5. The zero-order valence-electron chi connectivity index (χ0n) is 13.2. The number of nitrogens with one attached hydrogen (secondary N) is 1. The van der Waals surface area contributed by atoms with E-state index >= 15 is 0 Å². The van der Waals surface area contributed by atoms with E-state index in [1.54, 1.807) is 43.6 Å². The number of aryl methyl sites for hydroxylation is 2. The lowest BCUT2D eigenvalue weighted by molar-refractivity contribution is 0.494. The summed E-state index contributed by atoms with van der Waals surface area (Å²) in [4.78, 5) is 4.22. The molecule has 3 rings (SSSR count). The van der Waals surface area contributed by atoms with Crippen LogP contribution in [0.1, 0.15) is 17.0 Å². The van der Waals surface area contributed by atoms with Crippen molar-refractivity contribution in [2.75, 3.05) is 0 Å². The van der Waals surface area contributed by atoms with Crippen molar-refractivity contribution in [1.82, 2.24) is 19.9 Å². The van der Waals surface area contributed by atoms with Crippen LogP contribution in [0.5, 0.6) is 0 Å². The van der Waals surface area contributed by atoms with Gasteiger partial charge in [-0.2, -0.15) is 0 Å². The molecule has 2 heterocycles. The molecule has 0 amide bonds. The Morgan fingerprint density at radius 3 is 2.75 bits per heavy atom. The molecule has 0 unspecified atom stereocenters. The van der Waals surface area contributed by atoms with Gasteiger partial charge in [0.25, 0.3) is 0 Å². The Hall–Kier alpha value is -2.58. The summed E-state index contributed by atoms with van der Waals surface area (Å²) in [7, 11) is -3.66. The Morgan fingerprint density at radius 1 is 1.17 bits per heavy atom. The van der Waals surface area contributed by atoms with E-state index in [1.165, 1.54) is 0 Å². The van der Waals surface area contributed by atoms with Crippen LogP contribution >= 0.6 is 0 Å². The molecular formula is C16H16N4O3S.